The molecule has 146 valence electrons. The number of ether oxygens (including phenoxy) is 2. The van der Waals surface area contributed by atoms with Crippen LogP contribution in [0, 0.1) is 6.92 Å². The van der Waals surface area contributed by atoms with Crippen molar-refractivity contribution in [3.8, 4) is 17.2 Å². The van der Waals surface area contributed by atoms with Crippen LogP contribution < -0.4 is 20.3 Å². The van der Waals surface area contributed by atoms with Crippen LogP contribution in [-0.4, -0.2) is 30.0 Å². The minimum Gasteiger partial charge on any atom is -0.507 e. The molecule has 3 unspecified atom stereocenters. The maximum absolute atomic E-state index is 13.5. The summed E-state index contributed by atoms with van der Waals surface area (Å²) < 4.78 is 51.5. The molecule has 8 heteroatoms. The number of phenols is 1. The average molecular weight is 382 g/mol. The maximum atomic E-state index is 13.5. The zero-order valence-electron chi connectivity index (χ0n) is 14.9. The van der Waals surface area contributed by atoms with Crippen molar-refractivity contribution in [1.29, 1.82) is 0 Å². The molecule has 3 atom stereocenters. The van der Waals surface area contributed by atoms with Crippen molar-refractivity contribution in [2.75, 3.05) is 6.61 Å². The van der Waals surface area contributed by atoms with E-state index in [1.165, 1.54) is 0 Å². The molecule has 1 fully saturated rings. The summed E-state index contributed by atoms with van der Waals surface area (Å²) in [6.45, 7) is 3.88. The highest BCUT2D eigenvalue weighted by atomic mass is 19.4. The second kappa shape index (κ2) is 7.66. The van der Waals surface area contributed by atoms with Crippen molar-refractivity contribution in [3.05, 3.63) is 53.6 Å². The Balaban J connectivity index is 1.96. The number of alkyl halides is 3. The Hall–Kier alpha value is -2.45. The van der Waals surface area contributed by atoms with E-state index in [0.29, 0.717) is 29.2 Å². The molecule has 0 saturated carbocycles. The highest BCUT2D eigenvalue weighted by Crippen LogP contribution is 2.40. The number of rotatable bonds is 5. The van der Waals surface area contributed by atoms with Crippen LogP contribution in [-0.2, 0) is 0 Å². The van der Waals surface area contributed by atoms with Gasteiger partial charge in [0.2, 0.25) is 0 Å². The monoisotopic (exact) mass is 382 g/mol. The molecule has 0 bridgehead atoms. The fourth-order valence-corrected chi connectivity index (χ4v) is 3.12. The third kappa shape index (κ3) is 3.96. The molecule has 2 aromatic carbocycles. The third-order valence-corrected chi connectivity index (χ3v) is 4.47. The largest absolute Gasteiger partial charge is 0.507 e. The zero-order chi connectivity index (χ0) is 19.6. The Labute approximate surface area is 155 Å². The summed E-state index contributed by atoms with van der Waals surface area (Å²) in [6, 6.07) is 8.63. The fraction of sp³-hybridized carbons (Fsp3) is 0.368. The quantitative estimate of drug-likeness (QED) is 0.737. The van der Waals surface area contributed by atoms with Gasteiger partial charge in [0.25, 0.3) is 0 Å². The van der Waals surface area contributed by atoms with E-state index in [9.17, 15) is 18.3 Å². The van der Waals surface area contributed by atoms with Gasteiger partial charge in [-0.1, -0.05) is 18.2 Å². The Kier molecular flexibility index (Phi) is 5.48. The van der Waals surface area contributed by atoms with Crippen molar-refractivity contribution in [3.63, 3.8) is 0 Å². The number of aromatic hydroxyl groups is 1. The molecule has 0 aliphatic carbocycles. The Morgan fingerprint density at radius 2 is 1.78 bits per heavy atom. The molecule has 3 rings (SSSR count). The van der Waals surface area contributed by atoms with Crippen LogP contribution in [0.4, 0.5) is 13.2 Å². The Morgan fingerprint density at radius 3 is 2.41 bits per heavy atom. The average Bonchev–Trinajstić information content (AvgIpc) is 3.04. The van der Waals surface area contributed by atoms with Crippen LogP contribution in [0.15, 0.2) is 42.5 Å². The molecule has 0 radical (unpaired) electrons. The summed E-state index contributed by atoms with van der Waals surface area (Å²) in [6.07, 6.45) is -5.84. The van der Waals surface area contributed by atoms with Crippen molar-refractivity contribution >= 4 is 0 Å². The van der Waals surface area contributed by atoms with E-state index in [0.717, 1.165) is 0 Å². The Morgan fingerprint density at radius 1 is 1.07 bits per heavy atom. The van der Waals surface area contributed by atoms with Crippen molar-refractivity contribution in [1.82, 2.24) is 10.9 Å². The van der Waals surface area contributed by atoms with E-state index >= 15 is 0 Å². The molecule has 1 saturated heterocycles. The van der Waals surface area contributed by atoms with E-state index in [1.54, 1.807) is 49.4 Å². The molecular weight excluding hydrogens is 361 g/mol. The van der Waals surface area contributed by atoms with E-state index in [4.69, 9.17) is 9.47 Å². The van der Waals surface area contributed by atoms with E-state index < -0.39 is 24.4 Å². The van der Waals surface area contributed by atoms with Gasteiger partial charge in [-0.05, 0) is 38.1 Å². The summed E-state index contributed by atoms with van der Waals surface area (Å²) in [5, 5.41) is 10.6. The Bertz CT molecular complexity index is 784. The normalized spacial score (nSPS) is 22.6. The van der Waals surface area contributed by atoms with Gasteiger partial charge in [0.15, 0.2) is 6.04 Å². The van der Waals surface area contributed by atoms with Crippen LogP contribution in [0.1, 0.15) is 24.1 Å². The summed E-state index contributed by atoms with van der Waals surface area (Å²) in [5.41, 5.74) is 5.65. The first-order valence-electron chi connectivity index (χ1n) is 8.57. The topological polar surface area (TPSA) is 62.8 Å². The summed E-state index contributed by atoms with van der Waals surface area (Å²) in [4.78, 5) is 0. The predicted octanol–water partition coefficient (Wildman–Crippen LogP) is 3.63. The number of hydrogen-bond donors (Lipinski definition) is 3. The fourth-order valence-electron chi connectivity index (χ4n) is 3.12. The van der Waals surface area contributed by atoms with Crippen LogP contribution in [0.5, 0.6) is 17.2 Å². The lowest BCUT2D eigenvalue weighted by Crippen LogP contribution is -2.47. The molecule has 27 heavy (non-hydrogen) atoms. The molecule has 0 amide bonds. The minimum absolute atomic E-state index is 0.121. The van der Waals surface area contributed by atoms with Gasteiger partial charge in [-0.2, -0.15) is 13.2 Å². The number of benzene rings is 2. The molecule has 0 aromatic heterocycles. The second-order valence-electron chi connectivity index (χ2n) is 6.24. The lowest BCUT2D eigenvalue weighted by atomic mass is 9.95. The smallest absolute Gasteiger partial charge is 0.408 e. The molecule has 5 nitrogen and oxygen atoms in total. The van der Waals surface area contributed by atoms with Crippen LogP contribution >= 0.6 is 0 Å². The SMILES string of the molecule is CCOc1ccc(C2NNC(C(F)(F)F)C2Oc2ccccc2)c(O)c1C. The van der Waals surface area contributed by atoms with Gasteiger partial charge in [0.1, 0.15) is 23.4 Å². The standard InChI is InChI=1S/C19H21F3N2O3/c1-3-26-14-10-9-13(16(25)11(14)2)15-17(18(24-23-15)19(20,21)22)27-12-7-5-4-6-8-12/h4-10,15,17-18,23-25H,3H2,1-2H3. The first kappa shape index (κ1) is 19.3. The number of hydrazine groups is 1. The number of para-hydroxylation sites is 1. The third-order valence-electron chi connectivity index (χ3n) is 4.47. The summed E-state index contributed by atoms with van der Waals surface area (Å²) >= 11 is 0. The van der Waals surface area contributed by atoms with Gasteiger partial charge in [-0.3, -0.25) is 0 Å². The molecule has 3 N–H and O–H groups in total. The first-order chi connectivity index (χ1) is 12.8. The highest BCUT2D eigenvalue weighted by molar-refractivity contribution is 5.50. The lowest BCUT2D eigenvalue weighted by Gasteiger charge is -2.26. The number of halogens is 3. The molecule has 1 heterocycles. The van der Waals surface area contributed by atoms with E-state index in [2.05, 4.69) is 10.9 Å². The lowest BCUT2D eigenvalue weighted by molar-refractivity contribution is -0.167. The molecular formula is C19H21F3N2O3. The van der Waals surface area contributed by atoms with E-state index in [-0.39, 0.29) is 5.75 Å². The van der Waals surface area contributed by atoms with Crippen molar-refractivity contribution in [2.45, 2.75) is 38.2 Å². The maximum Gasteiger partial charge on any atom is 0.408 e. The van der Waals surface area contributed by atoms with Crippen LogP contribution in [0.25, 0.3) is 0 Å². The first-order valence-corrected chi connectivity index (χ1v) is 8.57. The van der Waals surface area contributed by atoms with Gasteiger partial charge >= 0.3 is 6.18 Å². The van der Waals surface area contributed by atoms with Gasteiger partial charge in [0.05, 0.1) is 12.6 Å². The highest BCUT2D eigenvalue weighted by Gasteiger charge is 2.53. The molecule has 1 aliphatic heterocycles. The van der Waals surface area contributed by atoms with Gasteiger partial charge in [-0.25, -0.2) is 10.9 Å². The van der Waals surface area contributed by atoms with Crippen molar-refractivity contribution < 1.29 is 27.8 Å². The second-order valence-corrected chi connectivity index (χ2v) is 6.24. The zero-order valence-corrected chi connectivity index (χ0v) is 14.9. The van der Waals surface area contributed by atoms with Gasteiger partial charge in [-0.15, -0.1) is 0 Å². The van der Waals surface area contributed by atoms with E-state index in [1.807, 2.05) is 6.92 Å². The summed E-state index contributed by atoms with van der Waals surface area (Å²) in [5.74, 6) is 0.678. The van der Waals surface area contributed by atoms with Gasteiger partial charge < -0.3 is 14.6 Å². The minimum atomic E-state index is -4.53. The van der Waals surface area contributed by atoms with Crippen LogP contribution in [0.3, 0.4) is 0 Å². The number of nitrogens with one attached hydrogen (secondary N) is 2. The van der Waals surface area contributed by atoms with Crippen LogP contribution in [0.2, 0.25) is 0 Å². The molecule has 0 spiro atoms. The van der Waals surface area contributed by atoms with Gasteiger partial charge in [0, 0.05) is 11.1 Å². The summed E-state index contributed by atoms with van der Waals surface area (Å²) in [7, 11) is 0. The molecule has 1 aliphatic rings. The molecule has 2 aromatic rings. The van der Waals surface area contributed by atoms with Crippen molar-refractivity contribution in [2.24, 2.45) is 0 Å². The predicted molar refractivity (Wildman–Crippen MR) is 93.7 cm³/mol. The number of hydrogen-bond acceptors (Lipinski definition) is 5. The number of phenolic OH excluding ortho intramolecular Hbond substituents is 1.